The molecule has 8 heteroatoms. The van der Waals surface area contributed by atoms with Crippen LogP contribution in [0.3, 0.4) is 0 Å². The number of ether oxygens (including phenoxy) is 3. The van der Waals surface area contributed by atoms with E-state index in [9.17, 15) is 9.59 Å². The van der Waals surface area contributed by atoms with Crippen molar-refractivity contribution >= 4 is 33.4 Å². The number of carbonyl (C=O) groups is 2. The monoisotopic (exact) mass is 478 g/mol. The lowest BCUT2D eigenvalue weighted by Crippen LogP contribution is -2.35. The summed E-state index contributed by atoms with van der Waals surface area (Å²) in [6.45, 7) is 6.71. The van der Waals surface area contributed by atoms with Crippen LogP contribution in [0.5, 0.6) is 17.2 Å². The molecule has 1 N–H and O–H groups in total. The number of carbonyl (C=O) groups excluding carboxylic acids is 2. The number of amides is 2. The predicted molar refractivity (Wildman–Crippen MR) is 120 cm³/mol. The summed E-state index contributed by atoms with van der Waals surface area (Å²) in [5, 5.41) is 2.79. The molecule has 2 aromatic rings. The van der Waals surface area contributed by atoms with Crippen molar-refractivity contribution in [2.24, 2.45) is 0 Å². The number of para-hydroxylation sites is 1. The molecule has 162 valence electrons. The summed E-state index contributed by atoms with van der Waals surface area (Å²) in [7, 11) is 1.57. The first-order valence-corrected chi connectivity index (χ1v) is 10.6. The highest BCUT2D eigenvalue weighted by molar-refractivity contribution is 9.10. The summed E-state index contributed by atoms with van der Waals surface area (Å²) in [4.78, 5) is 26.7. The molecule has 2 aromatic carbocycles. The van der Waals surface area contributed by atoms with Crippen molar-refractivity contribution in [1.29, 1.82) is 0 Å². The van der Waals surface area contributed by atoms with Gasteiger partial charge in [0, 0.05) is 17.1 Å². The van der Waals surface area contributed by atoms with Gasteiger partial charge in [-0.3, -0.25) is 9.59 Å². The average molecular weight is 479 g/mol. The van der Waals surface area contributed by atoms with Crippen molar-refractivity contribution in [2.75, 3.05) is 38.7 Å². The van der Waals surface area contributed by atoms with E-state index in [0.29, 0.717) is 48.3 Å². The smallest absolute Gasteiger partial charge is 0.254 e. The van der Waals surface area contributed by atoms with E-state index in [1.165, 1.54) is 4.90 Å². The van der Waals surface area contributed by atoms with Crippen molar-refractivity contribution in [1.82, 2.24) is 4.90 Å². The number of nitrogens with one attached hydrogen (secondary N) is 1. The molecule has 7 nitrogen and oxygen atoms in total. The number of anilines is 1. The number of nitrogens with zero attached hydrogens (tertiary/aromatic N) is 1. The Morgan fingerprint density at radius 3 is 2.07 bits per heavy atom. The molecule has 0 aromatic heterocycles. The van der Waals surface area contributed by atoms with Crippen molar-refractivity contribution in [3.8, 4) is 17.2 Å². The third kappa shape index (κ3) is 6.13. The van der Waals surface area contributed by atoms with Crippen LogP contribution in [0.1, 0.15) is 31.1 Å². The van der Waals surface area contributed by atoms with Crippen LogP contribution in [0.25, 0.3) is 0 Å². The Labute approximate surface area is 185 Å². The quantitative estimate of drug-likeness (QED) is 0.548. The maximum atomic E-state index is 13.0. The number of hydrogen-bond acceptors (Lipinski definition) is 5. The Kier molecular flexibility index (Phi) is 8.98. The van der Waals surface area contributed by atoms with Crippen molar-refractivity contribution < 1.29 is 23.8 Å². The molecule has 0 heterocycles. The fourth-order valence-corrected chi connectivity index (χ4v) is 3.16. The first-order valence-electron chi connectivity index (χ1n) is 9.77. The van der Waals surface area contributed by atoms with Gasteiger partial charge in [0.1, 0.15) is 0 Å². The number of benzene rings is 2. The van der Waals surface area contributed by atoms with Crippen molar-refractivity contribution in [2.45, 2.75) is 20.8 Å². The zero-order valence-electron chi connectivity index (χ0n) is 17.7. The van der Waals surface area contributed by atoms with Crippen LogP contribution in [-0.4, -0.2) is 50.1 Å². The Balaban J connectivity index is 2.21. The number of likely N-dealkylation sites (N-methyl/N-ethyl adjacent to an activating group) is 1. The van der Waals surface area contributed by atoms with E-state index in [0.717, 1.165) is 4.47 Å². The summed E-state index contributed by atoms with van der Waals surface area (Å²) in [5.41, 5.74) is 0.989. The minimum absolute atomic E-state index is 0.110. The summed E-state index contributed by atoms with van der Waals surface area (Å²) in [6.07, 6.45) is 0. The van der Waals surface area contributed by atoms with E-state index < -0.39 is 0 Å². The van der Waals surface area contributed by atoms with Gasteiger partial charge in [0.15, 0.2) is 11.5 Å². The van der Waals surface area contributed by atoms with Crippen LogP contribution in [0.15, 0.2) is 40.9 Å². The normalized spacial score (nSPS) is 10.3. The first kappa shape index (κ1) is 23.5. The summed E-state index contributed by atoms with van der Waals surface area (Å²) in [5.74, 6) is 0.687. The minimum atomic E-state index is -0.331. The summed E-state index contributed by atoms with van der Waals surface area (Å²) < 4.78 is 17.8. The van der Waals surface area contributed by atoms with Crippen molar-refractivity contribution in [3.05, 3.63) is 46.4 Å². The molecular formula is C22H27BrN2O5. The van der Waals surface area contributed by atoms with Gasteiger partial charge in [-0.25, -0.2) is 0 Å². The Hall–Kier alpha value is -2.74. The predicted octanol–water partition coefficient (Wildman–Crippen LogP) is 4.36. The number of halogens is 1. The maximum Gasteiger partial charge on any atom is 0.254 e. The molecule has 30 heavy (non-hydrogen) atoms. The number of hydrogen-bond donors (Lipinski definition) is 1. The highest BCUT2D eigenvalue weighted by Crippen LogP contribution is 2.39. The largest absolute Gasteiger partial charge is 0.490 e. The lowest BCUT2D eigenvalue weighted by molar-refractivity contribution is -0.116. The van der Waals surface area contributed by atoms with Gasteiger partial charge < -0.3 is 24.4 Å². The Morgan fingerprint density at radius 2 is 1.53 bits per heavy atom. The lowest BCUT2D eigenvalue weighted by Gasteiger charge is -2.20. The molecule has 0 fully saturated rings. The zero-order chi connectivity index (χ0) is 22.1. The molecule has 0 atom stereocenters. The Bertz CT molecular complexity index is 861. The molecule has 0 spiro atoms. The number of rotatable bonds is 10. The van der Waals surface area contributed by atoms with E-state index >= 15 is 0 Å². The highest BCUT2D eigenvalue weighted by atomic mass is 79.9. The van der Waals surface area contributed by atoms with E-state index in [4.69, 9.17) is 14.2 Å². The van der Waals surface area contributed by atoms with E-state index in [1.54, 1.807) is 25.2 Å². The topological polar surface area (TPSA) is 77.1 Å². The second-order valence-corrected chi connectivity index (χ2v) is 7.14. The van der Waals surface area contributed by atoms with Crippen molar-refractivity contribution in [3.63, 3.8) is 0 Å². The molecular weight excluding hydrogens is 452 g/mol. The molecule has 0 aliphatic rings. The Morgan fingerprint density at radius 1 is 0.967 bits per heavy atom. The third-order valence-corrected chi connectivity index (χ3v) is 4.72. The van der Waals surface area contributed by atoms with Crippen LogP contribution in [0.4, 0.5) is 5.69 Å². The maximum absolute atomic E-state index is 13.0. The van der Waals surface area contributed by atoms with Gasteiger partial charge in [0.25, 0.3) is 5.91 Å². The second kappa shape index (κ2) is 11.4. The highest BCUT2D eigenvalue weighted by Gasteiger charge is 2.21. The van der Waals surface area contributed by atoms with Gasteiger partial charge in [0.05, 0.1) is 32.1 Å². The lowest BCUT2D eigenvalue weighted by atomic mass is 10.1. The first-order chi connectivity index (χ1) is 14.4. The van der Waals surface area contributed by atoms with E-state index in [2.05, 4.69) is 21.2 Å². The molecule has 0 bridgehead atoms. The zero-order valence-corrected chi connectivity index (χ0v) is 19.2. The molecule has 2 rings (SSSR count). The van der Waals surface area contributed by atoms with Gasteiger partial charge in [-0.05, 0) is 61.0 Å². The molecule has 2 amide bonds. The fraction of sp³-hybridized carbons (Fsp3) is 0.364. The van der Waals surface area contributed by atoms with Gasteiger partial charge in [-0.15, -0.1) is 0 Å². The van der Waals surface area contributed by atoms with Gasteiger partial charge in [0.2, 0.25) is 11.7 Å². The van der Waals surface area contributed by atoms with Crippen LogP contribution in [0, 0.1) is 0 Å². The fourth-order valence-electron chi connectivity index (χ4n) is 2.77. The summed E-state index contributed by atoms with van der Waals surface area (Å²) in [6, 6.07) is 10.5. The SMILES string of the molecule is CCOc1cc(C(=O)N(C)CC(=O)Nc2ccccc2Br)cc(OCC)c1OCC. The van der Waals surface area contributed by atoms with Crippen LogP contribution < -0.4 is 19.5 Å². The standard InChI is InChI=1S/C22H27BrN2O5/c1-5-28-18-12-15(13-19(29-6-2)21(18)30-7-3)22(27)25(4)14-20(26)24-17-11-9-8-10-16(17)23/h8-13H,5-7,14H2,1-4H3,(H,24,26). The third-order valence-electron chi connectivity index (χ3n) is 4.03. The molecule has 0 saturated carbocycles. The molecule has 0 unspecified atom stereocenters. The molecule has 0 saturated heterocycles. The molecule has 0 aliphatic carbocycles. The van der Waals surface area contributed by atoms with Crippen LogP contribution in [0.2, 0.25) is 0 Å². The summed E-state index contributed by atoms with van der Waals surface area (Å²) >= 11 is 3.39. The van der Waals surface area contributed by atoms with Crippen LogP contribution in [-0.2, 0) is 4.79 Å². The van der Waals surface area contributed by atoms with E-state index in [-0.39, 0.29) is 18.4 Å². The van der Waals surface area contributed by atoms with E-state index in [1.807, 2.05) is 39.0 Å². The minimum Gasteiger partial charge on any atom is -0.490 e. The van der Waals surface area contributed by atoms with Gasteiger partial charge >= 0.3 is 0 Å². The average Bonchev–Trinajstić information content (AvgIpc) is 2.71. The molecule has 0 aliphatic heterocycles. The van der Waals surface area contributed by atoms with Gasteiger partial charge in [-0.2, -0.15) is 0 Å². The van der Waals surface area contributed by atoms with Gasteiger partial charge in [-0.1, -0.05) is 12.1 Å². The second-order valence-electron chi connectivity index (χ2n) is 6.29. The molecule has 0 radical (unpaired) electrons. The van der Waals surface area contributed by atoms with Crippen LogP contribution >= 0.6 is 15.9 Å².